The Balaban J connectivity index is 2.29. The van der Waals surface area contributed by atoms with E-state index in [4.69, 9.17) is 4.42 Å². The fourth-order valence-electron chi connectivity index (χ4n) is 1.40. The standard InChI is InChI=1S/C13H11BrO2S/c1-8(15)10-3-4-13(11(14)7-10)17-12-5-6-16-9(12)2/h3-7H,1-2H3. The largest absolute Gasteiger partial charge is 0.468 e. The van der Waals surface area contributed by atoms with Crippen LogP contribution in [0.3, 0.4) is 0 Å². The molecule has 1 aromatic carbocycles. The third kappa shape index (κ3) is 2.82. The van der Waals surface area contributed by atoms with Crippen LogP contribution < -0.4 is 0 Å². The van der Waals surface area contributed by atoms with E-state index in [0.29, 0.717) is 5.56 Å². The molecule has 0 aliphatic carbocycles. The van der Waals surface area contributed by atoms with E-state index >= 15 is 0 Å². The van der Waals surface area contributed by atoms with Gasteiger partial charge in [-0.2, -0.15) is 0 Å². The molecular weight excluding hydrogens is 300 g/mol. The van der Waals surface area contributed by atoms with Gasteiger partial charge >= 0.3 is 0 Å². The Kier molecular flexibility index (Phi) is 3.74. The number of hydrogen-bond acceptors (Lipinski definition) is 3. The van der Waals surface area contributed by atoms with Crippen LogP contribution in [0.25, 0.3) is 0 Å². The van der Waals surface area contributed by atoms with Crippen molar-refractivity contribution in [3.05, 3.63) is 46.3 Å². The fourth-order valence-corrected chi connectivity index (χ4v) is 2.87. The van der Waals surface area contributed by atoms with E-state index in [9.17, 15) is 4.79 Å². The van der Waals surface area contributed by atoms with Gasteiger partial charge in [-0.1, -0.05) is 17.8 Å². The zero-order valence-electron chi connectivity index (χ0n) is 9.49. The first-order chi connectivity index (χ1) is 8.08. The summed E-state index contributed by atoms with van der Waals surface area (Å²) in [7, 11) is 0. The van der Waals surface area contributed by atoms with Crippen LogP contribution in [-0.2, 0) is 0 Å². The van der Waals surface area contributed by atoms with E-state index in [2.05, 4.69) is 15.9 Å². The highest BCUT2D eigenvalue weighted by atomic mass is 79.9. The number of furan rings is 1. The van der Waals surface area contributed by atoms with Crippen molar-refractivity contribution in [3.63, 3.8) is 0 Å². The maximum atomic E-state index is 11.2. The molecule has 1 aromatic heterocycles. The molecule has 17 heavy (non-hydrogen) atoms. The average molecular weight is 311 g/mol. The number of benzene rings is 1. The second kappa shape index (κ2) is 5.10. The van der Waals surface area contributed by atoms with Crippen LogP contribution >= 0.6 is 27.7 Å². The molecule has 0 aliphatic heterocycles. The highest BCUT2D eigenvalue weighted by Gasteiger charge is 2.08. The molecule has 0 amide bonds. The summed E-state index contributed by atoms with van der Waals surface area (Å²) in [4.78, 5) is 13.4. The summed E-state index contributed by atoms with van der Waals surface area (Å²) in [5, 5.41) is 0. The highest BCUT2D eigenvalue weighted by molar-refractivity contribution is 9.10. The van der Waals surface area contributed by atoms with E-state index < -0.39 is 0 Å². The number of halogens is 1. The van der Waals surface area contributed by atoms with E-state index in [-0.39, 0.29) is 5.78 Å². The molecule has 0 spiro atoms. The second-order valence-corrected chi connectivity index (χ2v) is 5.58. The minimum atomic E-state index is 0.0711. The molecule has 2 nitrogen and oxygen atoms in total. The van der Waals surface area contributed by atoms with Crippen LogP contribution in [0.5, 0.6) is 0 Å². The smallest absolute Gasteiger partial charge is 0.159 e. The molecule has 0 saturated heterocycles. The molecule has 4 heteroatoms. The molecule has 0 atom stereocenters. The van der Waals surface area contributed by atoms with Gasteiger partial charge in [0.25, 0.3) is 0 Å². The highest BCUT2D eigenvalue weighted by Crippen LogP contribution is 2.36. The van der Waals surface area contributed by atoms with Crippen molar-refractivity contribution in [2.45, 2.75) is 23.6 Å². The summed E-state index contributed by atoms with van der Waals surface area (Å²) in [5.41, 5.74) is 0.713. The predicted molar refractivity (Wildman–Crippen MR) is 71.7 cm³/mol. The number of Topliss-reactive ketones (excluding diaryl/α,β-unsaturated/α-hetero) is 1. The summed E-state index contributed by atoms with van der Waals surface area (Å²) < 4.78 is 6.17. The molecule has 88 valence electrons. The zero-order chi connectivity index (χ0) is 12.4. The number of aryl methyl sites for hydroxylation is 1. The lowest BCUT2D eigenvalue weighted by molar-refractivity contribution is 0.101. The van der Waals surface area contributed by atoms with Gasteiger partial charge in [-0.05, 0) is 48.0 Å². The van der Waals surface area contributed by atoms with Crippen molar-refractivity contribution >= 4 is 33.5 Å². The van der Waals surface area contributed by atoms with Gasteiger partial charge in [0.15, 0.2) is 5.78 Å². The van der Waals surface area contributed by atoms with Crippen molar-refractivity contribution in [1.82, 2.24) is 0 Å². The quantitative estimate of drug-likeness (QED) is 0.769. The second-order valence-electron chi connectivity index (χ2n) is 3.64. The fraction of sp³-hybridized carbons (Fsp3) is 0.154. The Labute approximate surface area is 113 Å². The zero-order valence-corrected chi connectivity index (χ0v) is 11.9. The van der Waals surface area contributed by atoms with Gasteiger partial charge in [0, 0.05) is 14.9 Å². The summed E-state index contributed by atoms with van der Waals surface area (Å²) in [6.07, 6.45) is 1.68. The van der Waals surface area contributed by atoms with Gasteiger partial charge in [-0.3, -0.25) is 4.79 Å². The van der Waals surface area contributed by atoms with Crippen molar-refractivity contribution in [3.8, 4) is 0 Å². The van der Waals surface area contributed by atoms with Crippen molar-refractivity contribution in [2.75, 3.05) is 0 Å². The molecule has 1 heterocycles. The number of hydrogen-bond donors (Lipinski definition) is 0. The minimum Gasteiger partial charge on any atom is -0.468 e. The van der Waals surface area contributed by atoms with Gasteiger partial charge in [0.05, 0.1) is 11.2 Å². The van der Waals surface area contributed by atoms with Gasteiger partial charge < -0.3 is 4.42 Å². The third-order valence-corrected chi connectivity index (χ3v) is 4.51. The van der Waals surface area contributed by atoms with E-state index in [1.54, 1.807) is 24.9 Å². The number of rotatable bonds is 3. The van der Waals surface area contributed by atoms with Gasteiger partial charge in [0.1, 0.15) is 5.76 Å². The molecule has 0 saturated carbocycles. The molecule has 2 aromatic rings. The molecule has 0 fully saturated rings. The van der Waals surface area contributed by atoms with Crippen molar-refractivity contribution < 1.29 is 9.21 Å². The first-order valence-electron chi connectivity index (χ1n) is 5.10. The van der Waals surface area contributed by atoms with Crippen LogP contribution in [-0.4, -0.2) is 5.78 Å². The first-order valence-corrected chi connectivity index (χ1v) is 6.71. The number of carbonyl (C=O) groups is 1. The van der Waals surface area contributed by atoms with Gasteiger partial charge in [0.2, 0.25) is 0 Å². The summed E-state index contributed by atoms with van der Waals surface area (Å²) in [5.74, 6) is 0.972. The monoisotopic (exact) mass is 310 g/mol. The molecule has 0 N–H and O–H groups in total. The van der Waals surface area contributed by atoms with Crippen LogP contribution in [0, 0.1) is 6.92 Å². The maximum Gasteiger partial charge on any atom is 0.159 e. The van der Waals surface area contributed by atoms with Gasteiger partial charge in [-0.25, -0.2) is 0 Å². The normalized spacial score (nSPS) is 10.5. The van der Waals surface area contributed by atoms with Crippen molar-refractivity contribution in [2.24, 2.45) is 0 Å². The lowest BCUT2D eigenvalue weighted by Crippen LogP contribution is -1.91. The first kappa shape index (κ1) is 12.5. The SMILES string of the molecule is CC(=O)c1ccc(Sc2ccoc2C)c(Br)c1. The Hall–Kier alpha value is -1.00. The van der Waals surface area contributed by atoms with Crippen LogP contribution in [0.15, 0.2) is 49.2 Å². The Morgan fingerprint density at radius 2 is 2.06 bits per heavy atom. The number of carbonyl (C=O) groups excluding carboxylic acids is 1. The summed E-state index contributed by atoms with van der Waals surface area (Å²) in [6, 6.07) is 7.56. The molecule has 0 bridgehead atoms. The van der Waals surface area contributed by atoms with E-state index in [0.717, 1.165) is 20.0 Å². The molecule has 0 unspecified atom stereocenters. The Morgan fingerprint density at radius 3 is 2.59 bits per heavy atom. The predicted octanol–water partition coefficient (Wildman–Crippen LogP) is 4.70. The maximum absolute atomic E-state index is 11.2. The van der Waals surface area contributed by atoms with E-state index in [1.165, 1.54) is 0 Å². The summed E-state index contributed by atoms with van der Waals surface area (Å²) in [6.45, 7) is 3.50. The Bertz CT molecular complexity index is 560. The number of ketones is 1. The minimum absolute atomic E-state index is 0.0711. The average Bonchev–Trinajstić information content (AvgIpc) is 2.67. The molecular formula is C13H11BrO2S. The van der Waals surface area contributed by atoms with Crippen LogP contribution in [0.2, 0.25) is 0 Å². The van der Waals surface area contributed by atoms with Crippen molar-refractivity contribution in [1.29, 1.82) is 0 Å². The molecule has 0 aliphatic rings. The molecule has 0 radical (unpaired) electrons. The van der Waals surface area contributed by atoms with E-state index in [1.807, 2.05) is 31.2 Å². The third-order valence-electron chi connectivity index (χ3n) is 2.37. The summed E-state index contributed by atoms with van der Waals surface area (Å²) >= 11 is 5.10. The Morgan fingerprint density at radius 1 is 1.29 bits per heavy atom. The lowest BCUT2D eigenvalue weighted by atomic mass is 10.2. The van der Waals surface area contributed by atoms with Crippen LogP contribution in [0.1, 0.15) is 23.0 Å². The van der Waals surface area contributed by atoms with Crippen LogP contribution in [0.4, 0.5) is 0 Å². The lowest BCUT2D eigenvalue weighted by Gasteiger charge is -2.04. The topological polar surface area (TPSA) is 30.2 Å². The molecule has 2 rings (SSSR count). The van der Waals surface area contributed by atoms with Gasteiger partial charge in [-0.15, -0.1) is 0 Å².